The highest BCUT2D eigenvalue weighted by Gasteiger charge is 2.50. The molecular weight excluding hydrogens is 458 g/mol. The van der Waals surface area contributed by atoms with Crippen LogP contribution in [0, 0.1) is 17.6 Å². The number of halogens is 2. The summed E-state index contributed by atoms with van der Waals surface area (Å²) < 4.78 is 32.4. The largest absolute Gasteiger partial charge is 0.355 e. The summed E-state index contributed by atoms with van der Waals surface area (Å²) in [4.78, 5) is 36.9. The van der Waals surface area contributed by atoms with E-state index in [1.807, 2.05) is 11.9 Å². The second kappa shape index (κ2) is 9.14. The maximum Gasteiger partial charge on any atom is 0.273 e. The molecule has 2 amide bonds. The number of hydrogen-bond donors (Lipinski definition) is 2. The lowest BCUT2D eigenvalue weighted by atomic mass is 9.90. The van der Waals surface area contributed by atoms with Crippen molar-refractivity contribution in [2.45, 2.75) is 30.8 Å². The quantitative estimate of drug-likeness (QED) is 0.554. The zero-order chi connectivity index (χ0) is 24.6. The van der Waals surface area contributed by atoms with Gasteiger partial charge in [-0.15, -0.1) is 0 Å². The predicted molar refractivity (Wildman–Crippen MR) is 120 cm³/mol. The molecule has 2 N–H and O–H groups in total. The minimum absolute atomic E-state index is 0.00357. The maximum absolute atomic E-state index is 14.1. The third-order valence-corrected chi connectivity index (χ3v) is 6.51. The van der Waals surface area contributed by atoms with Crippen molar-refractivity contribution in [2.24, 2.45) is 5.92 Å². The van der Waals surface area contributed by atoms with Crippen LogP contribution in [0.2, 0.25) is 0 Å². The van der Waals surface area contributed by atoms with E-state index in [-0.39, 0.29) is 22.9 Å². The van der Waals surface area contributed by atoms with Crippen molar-refractivity contribution in [2.75, 3.05) is 20.1 Å². The first kappa shape index (κ1) is 23.0. The van der Waals surface area contributed by atoms with Crippen LogP contribution in [0.15, 0.2) is 47.2 Å². The lowest BCUT2D eigenvalue weighted by Crippen LogP contribution is -2.56. The molecule has 35 heavy (non-hydrogen) atoms. The molecule has 2 unspecified atom stereocenters. The van der Waals surface area contributed by atoms with Gasteiger partial charge < -0.3 is 20.1 Å². The Morgan fingerprint density at radius 3 is 2.66 bits per heavy atom. The number of carbonyl (C=O) groups is 2. The van der Waals surface area contributed by atoms with E-state index in [9.17, 15) is 18.4 Å². The number of rotatable bonds is 6. The molecule has 3 aromatic rings. The zero-order valence-corrected chi connectivity index (χ0v) is 19.0. The first-order valence-corrected chi connectivity index (χ1v) is 11.4. The van der Waals surface area contributed by atoms with Crippen molar-refractivity contribution in [1.29, 1.82) is 0 Å². The molecule has 9 nitrogen and oxygen atoms in total. The smallest absolute Gasteiger partial charge is 0.273 e. The third-order valence-electron chi connectivity index (χ3n) is 6.51. The fraction of sp³-hybridized carbons (Fsp3) is 0.375. The molecule has 1 aliphatic carbocycles. The predicted octanol–water partition coefficient (Wildman–Crippen LogP) is 2.27. The Hall–Kier alpha value is -3.73. The second-order valence-electron chi connectivity index (χ2n) is 9.08. The zero-order valence-electron chi connectivity index (χ0n) is 19.0. The van der Waals surface area contributed by atoms with Crippen LogP contribution in [-0.4, -0.2) is 58.0 Å². The average Bonchev–Trinajstić information content (AvgIpc) is 3.46. The summed E-state index contributed by atoms with van der Waals surface area (Å²) in [5.74, 6) is -2.17. The fourth-order valence-corrected chi connectivity index (χ4v) is 4.40. The molecule has 5 rings (SSSR count). The Bertz CT molecular complexity index is 1250. The van der Waals surface area contributed by atoms with E-state index in [0.717, 1.165) is 25.0 Å². The van der Waals surface area contributed by atoms with Gasteiger partial charge in [-0.05, 0) is 51.1 Å². The van der Waals surface area contributed by atoms with Crippen molar-refractivity contribution in [3.63, 3.8) is 0 Å². The van der Waals surface area contributed by atoms with Crippen LogP contribution in [0.1, 0.15) is 35.6 Å². The number of likely N-dealkylation sites (tertiary alicyclic amines) is 1. The molecule has 1 aromatic carbocycles. The highest BCUT2D eigenvalue weighted by molar-refractivity contribution is 5.94. The van der Waals surface area contributed by atoms with Gasteiger partial charge in [-0.25, -0.2) is 18.7 Å². The summed E-state index contributed by atoms with van der Waals surface area (Å²) >= 11 is 0. The Morgan fingerprint density at radius 1 is 1.17 bits per heavy atom. The summed E-state index contributed by atoms with van der Waals surface area (Å²) in [6.45, 7) is 1.17. The van der Waals surface area contributed by atoms with Gasteiger partial charge in [-0.2, -0.15) is 0 Å². The van der Waals surface area contributed by atoms with Gasteiger partial charge in [0, 0.05) is 37.1 Å². The molecular formula is C24H24F2N6O3. The minimum atomic E-state index is -0.823. The van der Waals surface area contributed by atoms with Crippen LogP contribution in [0.25, 0.3) is 11.3 Å². The summed E-state index contributed by atoms with van der Waals surface area (Å²) in [7, 11) is 1.92. The minimum Gasteiger partial charge on any atom is -0.355 e. The van der Waals surface area contributed by atoms with E-state index in [0.29, 0.717) is 25.3 Å². The summed E-state index contributed by atoms with van der Waals surface area (Å²) in [6.07, 6.45) is 5.37. The van der Waals surface area contributed by atoms with Crippen molar-refractivity contribution in [3.05, 3.63) is 65.9 Å². The van der Waals surface area contributed by atoms with Crippen LogP contribution in [0.5, 0.6) is 0 Å². The fourth-order valence-electron chi connectivity index (χ4n) is 4.40. The first-order chi connectivity index (χ1) is 16.8. The molecule has 3 heterocycles. The Balaban J connectivity index is 1.29. The number of hydrogen-bond acceptors (Lipinski definition) is 7. The van der Waals surface area contributed by atoms with Crippen LogP contribution in [-0.2, 0) is 10.3 Å². The van der Waals surface area contributed by atoms with E-state index in [1.54, 1.807) is 18.5 Å². The van der Waals surface area contributed by atoms with Gasteiger partial charge in [-0.3, -0.25) is 9.59 Å². The van der Waals surface area contributed by atoms with E-state index in [4.69, 9.17) is 4.52 Å². The maximum atomic E-state index is 14.1. The van der Waals surface area contributed by atoms with E-state index >= 15 is 0 Å². The summed E-state index contributed by atoms with van der Waals surface area (Å²) in [6, 6.07) is 5.62. The van der Waals surface area contributed by atoms with Gasteiger partial charge >= 0.3 is 0 Å². The van der Waals surface area contributed by atoms with Gasteiger partial charge in [0.05, 0.1) is 17.0 Å². The molecule has 2 aliphatic rings. The van der Waals surface area contributed by atoms with Gasteiger partial charge in [0.15, 0.2) is 17.3 Å². The van der Waals surface area contributed by atoms with Crippen LogP contribution in [0.4, 0.5) is 8.78 Å². The molecule has 2 fully saturated rings. The van der Waals surface area contributed by atoms with Crippen molar-refractivity contribution < 1.29 is 22.9 Å². The van der Waals surface area contributed by atoms with E-state index in [2.05, 4.69) is 25.8 Å². The molecule has 11 heteroatoms. The number of piperidine rings is 1. The number of aromatic nitrogens is 3. The highest BCUT2D eigenvalue weighted by Crippen LogP contribution is 2.44. The second-order valence-corrected chi connectivity index (χ2v) is 9.08. The van der Waals surface area contributed by atoms with Gasteiger partial charge in [0.25, 0.3) is 5.91 Å². The molecule has 2 aromatic heterocycles. The average molecular weight is 482 g/mol. The van der Waals surface area contributed by atoms with Crippen LogP contribution < -0.4 is 10.6 Å². The van der Waals surface area contributed by atoms with Crippen LogP contribution in [0.3, 0.4) is 0 Å². The molecule has 0 bridgehead atoms. The van der Waals surface area contributed by atoms with Crippen molar-refractivity contribution >= 4 is 11.8 Å². The van der Waals surface area contributed by atoms with E-state index in [1.165, 1.54) is 12.1 Å². The van der Waals surface area contributed by atoms with E-state index < -0.39 is 35.0 Å². The van der Waals surface area contributed by atoms with Crippen LogP contribution >= 0.6 is 0 Å². The van der Waals surface area contributed by atoms with Crippen molar-refractivity contribution in [3.8, 4) is 11.3 Å². The Morgan fingerprint density at radius 2 is 1.94 bits per heavy atom. The molecule has 1 aliphatic heterocycles. The summed E-state index contributed by atoms with van der Waals surface area (Å²) in [5, 5.41) is 9.73. The third kappa shape index (κ3) is 4.76. The van der Waals surface area contributed by atoms with Crippen molar-refractivity contribution in [1.82, 2.24) is 30.7 Å². The standard InChI is InChI=1S/C24H24F2N6O3/c1-32-10-5-18(16(13-32)21(33)30-24(6-7-24)23-27-8-2-9-28-23)29-22(34)19-12-20(35-31-19)15-4-3-14(25)11-17(15)26/h2-4,8-9,11-12,16,18H,5-7,10,13H2,1H3,(H,29,34)(H,30,33). The molecule has 2 atom stereocenters. The SMILES string of the molecule is CN1CCC(NC(=O)c2cc(-c3ccc(F)cc3F)on2)C(C(=O)NC2(c3ncccn3)CC2)C1. The molecule has 0 radical (unpaired) electrons. The highest BCUT2D eigenvalue weighted by atomic mass is 19.1. The number of amides is 2. The number of carbonyl (C=O) groups excluding carboxylic acids is 2. The molecule has 0 spiro atoms. The number of nitrogens with one attached hydrogen (secondary N) is 2. The lowest BCUT2D eigenvalue weighted by molar-refractivity contribution is -0.128. The number of benzene rings is 1. The topological polar surface area (TPSA) is 113 Å². The van der Waals surface area contributed by atoms with Gasteiger partial charge in [0.1, 0.15) is 11.6 Å². The molecule has 1 saturated heterocycles. The summed E-state index contributed by atoms with van der Waals surface area (Å²) in [5.41, 5.74) is -0.631. The van der Waals surface area contributed by atoms with Gasteiger partial charge in [-0.1, -0.05) is 5.16 Å². The Kier molecular flexibility index (Phi) is 6.01. The molecule has 182 valence electrons. The number of nitrogens with zero attached hydrogens (tertiary/aromatic N) is 4. The van der Waals surface area contributed by atoms with Gasteiger partial charge in [0.2, 0.25) is 5.91 Å². The lowest BCUT2D eigenvalue weighted by Gasteiger charge is -2.36. The normalized spacial score (nSPS) is 21.3. The monoisotopic (exact) mass is 482 g/mol. The first-order valence-electron chi connectivity index (χ1n) is 11.4. The Labute approximate surface area is 199 Å². The molecule has 1 saturated carbocycles.